The lowest BCUT2D eigenvalue weighted by molar-refractivity contribution is -0.141. The van der Waals surface area contributed by atoms with Crippen LogP contribution >= 0.6 is 0 Å². The molecule has 2 N–H and O–H groups in total. The van der Waals surface area contributed by atoms with Crippen LogP contribution in [0.2, 0.25) is 0 Å². The van der Waals surface area contributed by atoms with Crippen LogP contribution in [0.1, 0.15) is 31.2 Å². The van der Waals surface area contributed by atoms with Gasteiger partial charge in [0, 0.05) is 24.8 Å². The standard InChI is InChI=1S/C16H22FNO4/c1-21-14(19)7-9-16(11-18,10-8-15(20)22-2)12-3-5-13(17)6-4-12/h3-6H,7-11,18H2,1-2H3. The molecule has 1 aromatic rings. The van der Waals surface area contributed by atoms with Gasteiger partial charge in [-0.1, -0.05) is 12.1 Å². The molecule has 0 fully saturated rings. The van der Waals surface area contributed by atoms with Crippen molar-refractivity contribution in [3.63, 3.8) is 0 Å². The summed E-state index contributed by atoms with van der Waals surface area (Å²) in [6.07, 6.45) is 1.18. The van der Waals surface area contributed by atoms with E-state index < -0.39 is 5.41 Å². The topological polar surface area (TPSA) is 78.6 Å². The molecule has 6 heteroatoms. The number of ether oxygens (including phenoxy) is 2. The minimum absolute atomic E-state index is 0.173. The van der Waals surface area contributed by atoms with Crippen LogP contribution in [0.5, 0.6) is 0 Å². The van der Waals surface area contributed by atoms with Crippen LogP contribution in [0, 0.1) is 5.82 Å². The fraction of sp³-hybridized carbons (Fsp3) is 0.500. The normalized spacial score (nSPS) is 11.1. The van der Waals surface area contributed by atoms with Gasteiger partial charge in [-0.25, -0.2) is 4.39 Å². The minimum Gasteiger partial charge on any atom is -0.469 e. The zero-order chi connectivity index (χ0) is 16.6. The van der Waals surface area contributed by atoms with Crippen LogP contribution < -0.4 is 5.73 Å². The summed E-state index contributed by atoms with van der Waals surface area (Å²) in [6.45, 7) is 0.229. The largest absolute Gasteiger partial charge is 0.469 e. The molecule has 5 nitrogen and oxygen atoms in total. The Bertz CT molecular complexity index is 481. The van der Waals surface area contributed by atoms with Gasteiger partial charge in [0.25, 0.3) is 0 Å². The molecule has 0 unspecified atom stereocenters. The van der Waals surface area contributed by atoms with Crippen LogP contribution in [-0.4, -0.2) is 32.7 Å². The highest BCUT2D eigenvalue weighted by molar-refractivity contribution is 5.70. The zero-order valence-electron chi connectivity index (χ0n) is 12.9. The van der Waals surface area contributed by atoms with E-state index in [1.54, 1.807) is 12.1 Å². The summed E-state index contributed by atoms with van der Waals surface area (Å²) >= 11 is 0. The minimum atomic E-state index is -0.601. The van der Waals surface area contributed by atoms with Gasteiger partial charge < -0.3 is 15.2 Å². The Balaban J connectivity index is 3.01. The van der Waals surface area contributed by atoms with Crippen molar-refractivity contribution in [1.29, 1.82) is 0 Å². The monoisotopic (exact) mass is 311 g/mol. The Morgan fingerprint density at radius 3 is 1.86 bits per heavy atom. The average Bonchev–Trinajstić information content (AvgIpc) is 2.55. The van der Waals surface area contributed by atoms with E-state index >= 15 is 0 Å². The van der Waals surface area contributed by atoms with E-state index in [9.17, 15) is 14.0 Å². The third kappa shape index (κ3) is 4.80. The summed E-state index contributed by atoms with van der Waals surface area (Å²) in [6, 6.07) is 5.96. The molecule has 0 saturated heterocycles. The molecule has 0 radical (unpaired) electrons. The van der Waals surface area contributed by atoms with Gasteiger partial charge >= 0.3 is 11.9 Å². The molecular formula is C16H22FNO4. The molecule has 0 aliphatic carbocycles. The molecule has 0 amide bonds. The van der Waals surface area contributed by atoms with Gasteiger partial charge in [0.05, 0.1) is 14.2 Å². The summed E-state index contributed by atoms with van der Waals surface area (Å²) in [4.78, 5) is 22.9. The molecule has 122 valence electrons. The van der Waals surface area contributed by atoms with E-state index in [2.05, 4.69) is 9.47 Å². The average molecular weight is 311 g/mol. The number of hydrogen-bond acceptors (Lipinski definition) is 5. The van der Waals surface area contributed by atoms with Crippen LogP contribution in [0.4, 0.5) is 4.39 Å². The maximum absolute atomic E-state index is 13.1. The number of methoxy groups -OCH3 is 2. The summed E-state index contributed by atoms with van der Waals surface area (Å²) in [7, 11) is 2.64. The first-order valence-corrected chi connectivity index (χ1v) is 7.07. The number of carbonyl (C=O) groups excluding carboxylic acids is 2. The first-order valence-electron chi connectivity index (χ1n) is 7.07. The van der Waals surface area contributed by atoms with E-state index in [4.69, 9.17) is 5.73 Å². The van der Waals surface area contributed by atoms with Crippen LogP contribution in [0.3, 0.4) is 0 Å². The number of nitrogens with two attached hydrogens (primary N) is 1. The third-order valence-electron chi connectivity index (χ3n) is 3.92. The summed E-state index contributed by atoms with van der Waals surface area (Å²) < 4.78 is 22.5. The van der Waals surface area contributed by atoms with Crippen LogP contribution in [0.15, 0.2) is 24.3 Å². The Kier molecular flexibility index (Phi) is 6.98. The van der Waals surface area contributed by atoms with E-state index in [0.717, 1.165) is 5.56 Å². The van der Waals surface area contributed by atoms with E-state index in [0.29, 0.717) is 12.8 Å². The smallest absolute Gasteiger partial charge is 0.305 e. The predicted molar refractivity (Wildman–Crippen MR) is 79.6 cm³/mol. The van der Waals surface area contributed by atoms with E-state index in [1.807, 2.05) is 0 Å². The second-order valence-corrected chi connectivity index (χ2v) is 5.14. The van der Waals surface area contributed by atoms with Crippen molar-refractivity contribution in [3.8, 4) is 0 Å². The molecule has 22 heavy (non-hydrogen) atoms. The molecule has 1 rings (SSSR count). The lowest BCUT2D eigenvalue weighted by Crippen LogP contribution is -2.36. The maximum Gasteiger partial charge on any atom is 0.305 e. The summed E-state index contributed by atoms with van der Waals surface area (Å²) in [5.41, 5.74) is 6.13. The van der Waals surface area contributed by atoms with Crippen molar-refractivity contribution in [2.75, 3.05) is 20.8 Å². The number of rotatable bonds is 8. The molecule has 0 spiro atoms. The highest BCUT2D eigenvalue weighted by Crippen LogP contribution is 2.34. The lowest BCUT2D eigenvalue weighted by atomic mass is 9.73. The van der Waals surface area contributed by atoms with Gasteiger partial charge in [0.2, 0.25) is 0 Å². The Morgan fingerprint density at radius 2 is 1.50 bits per heavy atom. The molecule has 0 aliphatic heterocycles. The van der Waals surface area contributed by atoms with Gasteiger partial charge in [-0.2, -0.15) is 0 Å². The Morgan fingerprint density at radius 1 is 1.05 bits per heavy atom. The third-order valence-corrected chi connectivity index (χ3v) is 3.92. The number of hydrogen-bond donors (Lipinski definition) is 1. The van der Waals surface area contributed by atoms with Gasteiger partial charge in [0.1, 0.15) is 5.82 Å². The van der Waals surface area contributed by atoms with Gasteiger partial charge in [-0.3, -0.25) is 9.59 Å². The zero-order valence-corrected chi connectivity index (χ0v) is 12.9. The van der Waals surface area contributed by atoms with Crippen LogP contribution in [-0.2, 0) is 24.5 Å². The molecule has 0 aromatic heterocycles. The first kappa shape index (κ1) is 18.1. The van der Waals surface area contributed by atoms with Crippen molar-refractivity contribution in [2.45, 2.75) is 31.1 Å². The van der Waals surface area contributed by atoms with Crippen molar-refractivity contribution >= 4 is 11.9 Å². The number of benzene rings is 1. The predicted octanol–water partition coefficient (Wildman–Crippen LogP) is 1.93. The number of esters is 2. The van der Waals surface area contributed by atoms with Crippen molar-refractivity contribution in [1.82, 2.24) is 0 Å². The van der Waals surface area contributed by atoms with Crippen molar-refractivity contribution in [2.24, 2.45) is 5.73 Å². The quantitative estimate of drug-likeness (QED) is 0.742. The second-order valence-electron chi connectivity index (χ2n) is 5.14. The molecule has 1 aromatic carbocycles. The summed E-state index contributed by atoms with van der Waals surface area (Å²) in [5.74, 6) is -1.05. The Hall–Kier alpha value is -1.95. The fourth-order valence-electron chi connectivity index (χ4n) is 2.43. The second kappa shape index (κ2) is 8.48. The molecule has 0 heterocycles. The van der Waals surface area contributed by atoms with Gasteiger partial charge in [-0.15, -0.1) is 0 Å². The fourth-order valence-corrected chi connectivity index (χ4v) is 2.43. The molecule has 0 bridgehead atoms. The van der Waals surface area contributed by atoms with E-state index in [-0.39, 0.29) is 37.1 Å². The molecule has 0 saturated carbocycles. The number of halogens is 1. The first-order chi connectivity index (χ1) is 10.5. The molecule has 0 atom stereocenters. The Labute approximate surface area is 129 Å². The maximum atomic E-state index is 13.1. The highest BCUT2D eigenvalue weighted by Gasteiger charge is 2.32. The van der Waals surface area contributed by atoms with Gasteiger partial charge in [-0.05, 0) is 30.5 Å². The van der Waals surface area contributed by atoms with Crippen LogP contribution in [0.25, 0.3) is 0 Å². The summed E-state index contributed by atoms with van der Waals surface area (Å²) in [5, 5.41) is 0. The highest BCUT2D eigenvalue weighted by atomic mass is 19.1. The number of carbonyl (C=O) groups is 2. The molecule has 0 aliphatic rings. The SMILES string of the molecule is COC(=O)CCC(CN)(CCC(=O)OC)c1ccc(F)cc1. The van der Waals surface area contributed by atoms with Gasteiger partial charge in [0.15, 0.2) is 0 Å². The van der Waals surface area contributed by atoms with Crippen molar-refractivity contribution in [3.05, 3.63) is 35.6 Å². The van der Waals surface area contributed by atoms with E-state index in [1.165, 1.54) is 26.4 Å². The lowest BCUT2D eigenvalue weighted by Gasteiger charge is -2.33. The molecular weight excluding hydrogens is 289 g/mol. The van der Waals surface area contributed by atoms with Crippen molar-refractivity contribution < 1.29 is 23.5 Å².